The quantitative estimate of drug-likeness (QED) is 0.841. The van der Waals surface area contributed by atoms with Crippen LogP contribution in [0.15, 0.2) is 30.6 Å². The van der Waals surface area contributed by atoms with E-state index in [0.29, 0.717) is 11.1 Å². The highest BCUT2D eigenvalue weighted by molar-refractivity contribution is 6.00. The van der Waals surface area contributed by atoms with E-state index < -0.39 is 12.0 Å². The summed E-state index contributed by atoms with van der Waals surface area (Å²) in [6.45, 7) is 1.65. The zero-order valence-corrected chi connectivity index (χ0v) is 9.83. The molecule has 2 heterocycles. The summed E-state index contributed by atoms with van der Waals surface area (Å²) in [5.41, 5.74) is 1.13. The zero-order valence-electron chi connectivity index (χ0n) is 9.83. The third kappa shape index (κ3) is 2.48. The maximum atomic E-state index is 12.0. The summed E-state index contributed by atoms with van der Waals surface area (Å²) in [5.74, 6) is -1.26. The number of aliphatic carboxylic acids is 1. The van der Waals surface area contributed by atoms with Gasteiger partial charge in [0, 0.05) is 12.2 Å². The van der Waals surface area contributed by atoms with Gasteiger partial charge in [0.1, 0.15) is 0 Å². The molecule has 1 unspecified atom stereocenters. The van der Waals surface area contributed by atoms with Crippen molar-refractivity contribution in [2.45, 2.75) is 19.4 Å². The third-order valence-electron chi connectivity index (χ3n) is 2.53. The Labute approximate surface area is 103 Å². The standard InChI is InChI=1S/C12H13N3O3/c1-8(6-11(16)17)14-12(18)9-7-13-15-5-3-2-4-10(9)15/h2-5,7-8H,6H2,1H3,(H,14,18)(H,16,17). The lowest BCUT2D eigenvalue weighted by Gasteiger charge is -2.10. The molecule has 18 heavy (non-hydrogen) atoms. The summed E-state index contributed by atoms with van der Waals surface area (Å²) in [6, 6.07) is 4.99. The van der Waals surface area contributed by atoms with Gasteiger partial charge >= 0.3 is 5.97 Å². The first kappa shape index (κ1) is 12.1. The zero-order chi connectivity index (χ0) is 13.1. The number of carbonyl (C=O) groups excluding carboxylic acids is 1. The van der Waals surface area contributed by atoms with Crippen molar-refractivity contribution in [2.24, 2.45) is 0 Å². The van der Waals surface area contributed by atoms with Crippen molar-refractivity contribution in [3.63, 3.8) is 0 Å². The lowest BCUT2D eigenvalue weighted by atomic mass is 10.2. The second-order valence-corrected chi connectivity index (χ2v) is 4.06. The molecule has 0 bridgehead atoms. The van der Waals surface area contributed by atoms with Gasteiger partial charge < -0.3 is 10.4 Å². The van der Waals surface area contributed by atoms with Crippen molar-refractivity contribution in [2.75, 3.05) is 0 Å². The first-order chi connectivity index (χ1) is 8.58. The highest BCUT2D eigenvalue weighted by Gasteiger charge is 2.15. The van der Waals surface area contributed by atoms with Gasteiger partial charge in [-0.1, -0.05) is 6.07 Å². The second kappa shape index (κ2) is 4.87. The van der Waals surface area contributed by atoms with Crippen molar-refractivity contribution in [3.05, 3.63) is 36.2 Å². The Kier molecular flexibility index (Phi) is 3.27. The van der Waals surface area contributed by atoms with E-state index in [9.17, 15) is 9.59 Å². The van der Waals surface area contributed by atoms with Crippen LogP contribution in [0.5, 0.6) is 0 Å². The molecule has 0 fully saturated rings. The lowest BCUT2D eigenvalue weighted by Crippen LogP contribution is -2.34. The minimum absolute atomic E-state index is 0.106. The fourth-order valence-corrected chi connectivity index (χ4v) is 1.72. The van der Waals surface area contributed by atoms with Crippen molar-refractivity contribution in [1.82, 2.24) is 14.9 Å². The largest absolute Gasteiger partial charge is 0.481 e. The van der Waals surface area contributed by atoms with Gasteiger partial charge in [-0.3, -0.25) is 9.59 Å². The number of carboxylic acid groups (broad SMARTS) is 1. The SMILES string of the molecule is CC(CC(=O)O)NC(=O)c1cnn2ccccc12. The molecule has 0 aliphatic heterocycles. The van der Waals surface area contributed by atoms with Crippen LogP contribution >= 0.6 is 0 Å². The molecule has 0 aromatic carbocycles. The molecule has 0 radical (unpaired) electrons. The monoisotopic (exact) mass is 247 g/mol. The topological polar surface area (TPSA) is 83.7 Å². The molecule has 2 aromatic rings. The van der Waals surface area contributed by atoms with E-state index in [1.165, 1.54) is 6.20 Å². The Balaban J connectivity index is 2.16. The van der Waals surface area contributed by atoms with E-state index in [1.807, 2.05) is 12.1 Å². The second-order valence-electron chi connectivity index (χ2n) is 4.06. The molecule has 2 rings (SSSR count). The highest BCUT2D eigenvalue weighted by Crippen LogP contribution is 2.10. The summed E-state index contributed by atoms with van der Waals surface area (Å²) >= 11 is 0. The van der Waals surface area contributed by atoms with Gasteiger partial charge in [-0.2, -0.15) is 5.10 Å². The number of carbonyl (C=O) groups is 2. The number of carboxylic acids is 1. The molecule has 6 heteroatoms. The van der Waals surface area contributed by atoms with Crippen molar-refractivity contribution in [1.29, 1.82) is 0 Å². The maximum Gasteiger partial charge on any atom is 0.305 e. The average molecular weight is 247 g/mol. The third-order valence-corrected chi connectivity index (χ3v) is 2.53. The molecule has 1 atom stereocenters. The van der Waals surface area contributed by atoms with Gasteiger partial charge in [0.05, 0.1) is 23.7 Å². The number of hydrogen-bond acceptors (Lipinski definition) is 3. The first-order valence-electron chi connectivity index (χ1n) is 5.53. The van der Waals surface area contributed by atoms with E-state index in [2.05, 4.69) is 10.4 Å². The minimum atomic E-state index is -0.942. The molecule has 6 nitrogen and oxygen atoms in total. The van der Waals surface area contributed by atoms with Crippen LogP contribution in [0.3, 0.4) is 0 Å². The molecule has 2 N–H and O–H groups in total. The normalized spacial score (nSPS) is 12.3. The number of rotatable bonds is 4. The lowest BCUT2D eigenvalue weighted by molar-refractivity contribution is -0.137. The number of hydrogen-bond donors (Lipinski definition) is 2. The first-order valence-corrected chi connectivity index (χ1v) is 5.53. The van der Waals surface area contributed by atoms with Crippen LogP contribution in [-0.2, 0) is 4.79 Å². The molecule has 0 spiro atoms. The molecular formula is C12H13N3O3. The van der Waals surface area contributed by atoms with Crippen LogP contribution in [0, 0.1) is 0 Å². The molecule has 0 saturated carbocycles. The van der Waals surface area contributed by atoms with E-state index in [-0.39, 0.29) is 12.3 Å². The smallest absolute Gasteiger partial charge is 0.305 e. The number of amides is 1. The molecule has 94 valence electrons. The molecule has 1 amide bonds. The van der Waals surface area contributed by atoms with E-state index in [1.54, 1.807) is 23.7 Å². The summed E-state index contributed by atoms with van der Waals surface area (Å²) < 4.78 is 1.59. The van der Waals surface area contributed by atoms with Crippen molar-refractivity contribution >= 4 is 17.4 Å². The number of nitrogens with zero attached hydrogens (tertiary/aromatic N) is 2. The van der Waals surface area contributed by atoms with Gasteiger partial charge in [0.2, 0.25) is 0 Å². The van der Waals surface area contributed by atoms with E-state index in [0.717, 1.165) is 0 Å². The Morgan fingerprint density at radius 3 is 3.00 bits per heavy atom. The number of fused-ring (bicyclic) bond motifs is 1. The van der Waals surface area contributed by atoms with Gasteiger partial charge in [0.15, 0.2) is 0 Å². The van der Waals surface area contributed by atoms with Crippen LogP contribution in [0.2, 0.25) is 0 Å². The summed E-state index contributed by atoms with van der Waals surface area (Å²) in [4.78, 5) is 22.5. The Hall–Kier alpha value is -2.37. The molecular weight excluding hydrogens is 234 g/mol. The number of pyridine rings is 1. The van der Waals surface area contributed by atoms with Gasteiger partial charge in [0.25, 0.3) is 5.91 Å². The summed E-state index contributed by atoms with van der Waals surface area (Å²) in [6.07, 6.45) is 3.11. The Morgan fingerprint density at radius 1 is 1.50 bits per heavy atom. The van der Waals surface area contributed by atoms with Crippen LogP contribution in [-0.4, -0.2) is 32.6 Å². The van der Waals surface area contributed by atoms with E-state index >= 15 is 0 Å². The van der Waals surface area contributed by atoms with Crippen LogP contribution in [0.4, 0.5) is 0 Å². The number of nitrogens with one attached hydrogen (secondary N) is 1. The molecule has 2 aromatic heterocycles. The van der Waals surface area contributed by atoms with E-state index in [4.69, 9.17) is 5.11 Å². The fourth-order valence-electron chi connectivity index (χ4n) is 1.72. The van der Waals surface area contributed by atoms with Crippen LogP contribution < -0.4 is 5.32 Å². The van der Waals surface area contributed by atoms with Crippen molar-refractivity contribution in [3.8, 4) is 0 Å². The predicted octanol–water partition coefficient (Wildman–Crippen LogP) is 0.927. The van der Waals surface area contributed by atoms with Gasteiger partial charge in [-0.05, 0) is 19.1 Å². The summed E-state index contributed by atoms with van der Waals surface area (Å²) in [5, 5.41) is 15.3. The molecule has 0 saturated heterocycles. The maximum absolute atomic E-state index is 12.0. The minimum Gasteiger partial charge on any atom is -0.481 e. The summed E-state index contributed by atoms with van der Waals surface area (Å²) in [7, 11) is 0. The van der Waals surface area contributed by atoms with Gasteiger partial charge in [-0.15, -0.1) is 0 Å². The fraction of sp³-hybridized carbons (Fsp3) is 0.250. The van der Waals surface area contributed by atoms with Crippen molar-refractivity contribution < 1.29 is 14.7 Å². The van der Waals surface area contributed by atoms with Crippen LogP contribution in [0.1, 0.15) is 23.7 Å². The Morgan fingerprint density at radius 2 is 2.28 bits per heavy atom. The molecule has 0 aliphatic rings. The number of aromatic nitrogens is 2. The van der Waals surface area contributed by atoms with Gasteiger partial charge in [-0.25, -0.2) is 4.52 Å². The Bertz CT molecular complexity index is 591. The molecule has 0 aliphatic carbocycles. The average Bonchev–Trinajstić information content (AvgIpc) is 2.71. The predicted molar refractivity (Wildman–Crippen MR) is 64.4 cm³/mol. The highest BCUT2D eigenvalue weighted by atomic mass is 16.4. The van der Waals surface area contributed by atoms with Crippen LogP contribution in [0.25, 0.3) is 5.52 Å².